The molecule has 2 heterocycles. The minimum Gasteiger partial charge on any atom is -0.371 e. The summed E-state index contributed by atoms with van der Waals surface area (Å²) in [5, 5.41) is 13.0. The standard InChI is InChI=1S/C24H26N4O2S2/c1-5-27-21(26-12-11-17-9-7-6-8-10-17)18(16(4)19(14-25)22(27)29)13-20-23(30)28(15(2)3)24(31)32-20/h6-10,13,15,26H,5,11-12H2,1-4H3/b20-13+. The van der Waals surface area contributed by atoms with Gasteiger partial charge in [-0.05, 0) is 51.3 Å². The first kappa shape index (κ1) is 23.8. The largest absolute Gasteiger partial charge is 0.371 e. The summed E-state index contributed by atoms with van der Waals surface area (Å²) in [5.74, 6) is 0.456. The van der Waals surface area contributed by atoms with Crippen LogP contribution in [0.25, 0.3) is 6.08 Å². The Morgan fingerprint density at radius 3 is 2.50 bits per heavy atom. The van der Waals surface area contributed by atoms with Crippen molar-refractivity contribution in [2.75, 3.05) is 11.9 Å². The summed E-state index contributed by atoms with van der Waals surface area (Å²) in [4.78, 5) is 28.0. The molecule has 1 aromatic carbocycles. The Hall–Kier alpha value is -2.89. The lowest BCUT2D eigenvalue weighted by Gasteiger charge is -2.20. The van der Waals surface area contributed by atoms with Gasteiger partial charge in [0, 0.05) is 24.7 Å². The van der Waals surface area contributed by atoms with Crippen molar-refractivity contribution < 1.29 is 4.79 Å². The molecule has 1 aromatic heterocycles. The molecule has 1 aliphatic heterocycles. The Labute approximate surface area is 197 Å². The monoisotopic (exact) mass is 466 g/mol. The number of nitrogens with one attached hydrogen (secondary N) is 1. The molecule has 1 aliphatic rings. The van der Waals surface area contributed by atoms with E-state index >= 15 is 0 Å². The third-order valence-corrected chi connectivity index (χ3v) is 6.69. The number of aromatic nitrogens is 1. The maximum absolute atomic E-state index is 13.0. The van der Waals surface area contributed by atoms with E-state index in [9.17, 15) is 14.9 Å². The van der Waals surface area contributed by atoms with Crippen molar-refractivity contribution in [1.29, 1.82) is 5.26 Å². The Bertz CT molecular complexity index is 1180. The fourth-order valence-corrected chi connectivity index (χ4v) is 5.19. The van der Waals surface area contributed by atoms with Crippen molar-refractivity contribution in [3.63, 3.8) is 0 Å². The first-order valence-electron chi connectivity index (χ1n) is 10.5. The zero-order chi connectivity index (χ0) is 23.4. The highest BCUT2D eigenvalue weighted by Crippen LogP contribution is 2.35. The molecule has 8 heteroatoms. The summed E-state index contributed by atoms with van der Waals surface area (Å²) < 4.78 is 2.07. The van der Waals surface area contributed by atoms with Crippen molar-refractivity contribution in [2.24, 2.45) is 0 Å². The van der Waals surface area contributed by atoms with E-state index in [-0.39, 0.29) is 23.1 Å². The van der Waals surface area contributed by atoms with E-state index in [2.05, 4.69) is 17.4 Å². The second-order valence-corrected chi connectivity index (χ2v) is 9.41. The summed E-state index contributed by atoms with van der Waals surface area (Å²) in [6.45, 7) is 8.44. The highest BCUT2D eigenvalue weighted by molar-refractivity contribution is 8.26. The minimum absolute atomic E-state index is 0.0442. The fourth-order valence-electron chi connectivity index (χ4n) is 3.68. The molecule has 1 N–H and O–H groups in total. The Morgan fingerprint density at radius 1 is 1.25 bits per heavy atom. The van der Waals surface area contributed by atoms with Gasteiger partial charge in [0.05, 0.1) is 4.91 Å². The van der Waals surface area contributed by atoms with Crippen molar-refractivity contribution in [1.82, 2.24) is 9.47 Å². The van der Waals surface area contributed by atoms with E-state index in [4.69, 9.17) is 12.2 Å². The van der Waals surface area contributed by atoms with Crippen molar-refractivity contribution in [3.8, 4) is 6.07 Å². The third-order valence-electron chi connectivity index (χ3n) is 5.36. The number of rotatable bonds is 7. The zero-order valence-electron chi connectivity index (χ0n) is 18.6. The van der Waals surface area contributed by atoms with Crippen LogP contribution in [0.1, 0.15) is 43.0 Å². The van der Waals surface area contributed by atoms with Gasteiger partial charge in [-0.3, -0.25) is 19.1 Å². The molecule has 32 heavy (non-hydrogen) atoms. The van der Waals surface area contributed by atoms with E-state index in [0.29, 0.717) is 39.3 Å². The van der Waals surface area contributed by atoms with Gasteiger partial charge in [-0.15, -0.1) is 0 Å². The van der Waals surface area contributed by atoms with Gasteiger partial charge in [0.1, 0.15) is 21.8 Å². The first-order chi connectivity index (χ1) is 15.3. The number of hydrogen-bond donors (Lipinski definition) is 1. The van der Waals surface area contributed by atoms with E-state index < -0.39 is 0 Å². The second kappa shape index (κ2) is 10.2. The van der Waals surface area contributed by atoms with Crippen LogP contribution >= 0.6 is 24.0 Å². The summed E-state index contributed by atoms with van der Waals surface area (Å²) in [6, 6.07) is 12.1. The van der Waals surface area contributed by atoms with Crippen LogP contribution in [0.2, 0.25) is 0 Å². The van der Waals surface area contributed by atoms with E-state index in [1.807, 2.05) is 45.0 Å². The molecule has 0 unspecified atom stereocenters. The number of hydrogen-bond acceptors (Lipinski definition) is 6. The average molecular weight is 467 g/mol. The van der Waals surface area contributed by atoms with Crippen LogP contribution in [0.15, 0.2) is 40.0 Å². The second-order valence-electron chi connectivity index (χ2n) is 7.73. The molecular weight excluding hydrogens is 440 g/mol. The summed E-state index contributed by atoms with van der Waals surface area (Å²) >= 11 is 6.64. The quantitative estimate of drug-likeness (QED) is 0.484. The summed E-state index contributed by atoms with van der Waals surface area (Å²) in [7, 11) is 0. The van der Waals surface area contributed by atoms with E-state index in [0.717, 1.165) is 6.42 Å². The Balaban J connectivity index is 2.07. The number of carbonyl (C=O) groups excluding carboxylic acids is 1. The highest BCUT2D eigenvalue weighted by atomic mass is 32.2. The van der Waals surface area contributed by atoms with Gasteiger partial charge in [0.2, 0.25) is 0 Å². The number of anilines is 1. The van der Waals surface area contributed by atoms with Gasteiger partial charge >= 0.3 is 0 Å². The molecule has 166 valence electrons. The molecule has 2 aromatic rings. The maximum Gasteiger partial charge on any atom is 0.270 e. The molecule has 0 bridgehead atoms. The van der Waals surface area contributed by atoms with Gasteiger partial charge in [-0.2, -0.15) is 5.26 Å². The van der Waals surface area contributed by atoms with E-state index in [1.165, 1.54) is 17.3 Å². The fraction of sp³-hybridized carbons (Fsp3) is 0.333. The summed E-state index contributed by atoms with van der Waals surface area (Å²) in [6.07, 6.45) is 2.53. The molecule has 0 atom stereocenters. The maximum atomic E-state index is 13.0. The summed E-state index contributed by atoms with van der Waals surface area (Å²) in [5.41, 5.74) is 2.15. The lowest BCUT2D eigenvalue weighted by atomic mass is 10.0. The number of thiocarbonyl (C=S) groups is 1. The molecule has 1 fully saturated rings. The zero-order valence-corrected chi connectivity index (χ0v) is 20.3. The van der Waals surface area contributed by atoms with Crippen LogP contribution in [0.5, 0.6) is 0 Å². The molecule has 6 nitrogen and oxygen atoms in total. The van der Waals surface area contributed by atoms with Crippen LogP contribution in [-0.2, 0) is 17.8 Å². The van der Waals surface area contributed by atoms with Crippen LogP contribution in [0.4, 0.5) is 5.82 Å². The van der Waals surface area contributed by atoms with Crippen molar-refractivity contribution in [2.45, 2.75) is 46.7 Å². The van der Waals surface area contributed by atoms with E-state index in [1.54, 1.807) is 22.5 Å². The predicted octanol–water partition coefficient (Wildman–Crippen LogP) is 4.31. The van der Waals surface area contributed by atoms with Crippen molar-refractivity contribution >= 4 is 46.1 Å². The first-order valence-corrected chi connectivity index (χ1v) is 11.7. The lowest BCUT2D eigenvalue weighted by molar-refractivity contribution is -0.123. The number of pyridine rings is 1. The Morgan fingerprint density at radius 2 is 1.94 bits per heavy atom. The number of thioether (sulfide) groups is 1. The molecule has 1 saturated heterocycles. The Kier molecular flexibility index (Phi) is 7.54. The van der Waals surface area contributed by atoms with Gasteiger partial charge in [-0.25, -0.2) is 0 Å². The van der Waals surface area contributed by atoms with Crippen LogP contribution in [-0.4, -0.2) is 32.3 Å². The molecule has 0 aliphatic carbocycles. The van der Waals surface area contributed by atoms with Crippen LogP contribution < -0.4 is 10.9 Å². The lowest BCUT2D eigenvalue weighted by Crippen LogP contribution is -2.34. The minimum atomic E-state index is -0.332. The smallest absolute Gasteiger partial charge is 0.270 e. The molecule has 1 amide bonds. The number of benzene rings is 1. The molecule has 0 spiro atoms. The van der Waals surface area contributed by atoms with Gasteiger partial charge < -0.3 is 5.32 Å². The SMILES string of the molecule is CCn1c(NCCc2ccccc2)c(/C=C2/SC(=S)N(C(C)C)C2=O)c(C)c(C#N)c1=O. The van der Waals surface area contributed by atoms with Gasteiger partial charge in [0.25, 0.3) is 11.5 Å². The molecule has 0 saturated carbocycles. The average Bonchev–Trinajstić information content (AvgIpc) is 3.05. The van der Waals surface area contributed by atoms with Gasteiger partial charge in [-0.1, -0.05) is 54.3 Å². The van der Waals surface area contributed by atoms with Crippen LogP contribution in [0, 0.1) is 18.3 Å². The van der Waals surface area contributed by atoms with Crippen molar-refractivity contribution in [3.05, 3.63) is 67.8 Å². The topological polar surface area (TPSA) is 78.1 Å². The molecule has 0 radical (unpaired) electrons. The van der Waals surface area contributed by atoms with Gasteiger partial charge in [0.15, 0.2) is 0 Å². The number of nitrogens with zero attached hydrogens (tertiary/aromatic N) is 3. The number of amides is 1. The third kappa shape index (κ3) is 4.64. The number of nitriles is 1. The normalized spacial score (nSPS) is 15.0. The van der Waals surface area contributed by atoms with Crippen LogP contribution in [0.3, 0.4) is 0 Å². The number of carbonyl (C=O) groups is 1. The molecular formula is C24H26N4O2S2. The predicted molar refractivity (Wildman–Crippen MR) is 135 cm³/mol. The highest BCUT2D eigenvalue weighted by Gasteiger charge is 2.34. The molecule has 3 rings (SSSR count).